The van der Waals surface area contributed by atoms with E-state index in [-0.39, 0.29) is 12.1 Å². The minimum Gasteiger partial charge on any atom is -0.308 e. The van der Waals surface area contributed by atoms with Gasteiger partial charge in [0.15, 0.2) is 0 Å². The van der Waals surface area contributed by atoms with E-state index in [1.807, 2.05) is 0 Å². The number of amides is 3. The molecule has 0 spiro atoms. The summed E-state index contributed by atoms with van der Waals surface area (Å²) in [4.78, 5) is 40.5. The highest BCUT2D eigenvalue weighted by Crippen LogP contribution is 2.15. The summed E-state index contributed by atoms with van der Waals surface area (Å²) in [5.74, 6) is -0.627. The predicted octanol–water partition coefficient (Wildman–Crippen LogP) is 3.27. The molecule has 0 radical (unpaired) electrons. The van der Waals surface area contributed by atoms with Crippen molar-refractivity contribution in [2.24, 2.45) is 0 Å². The maximum atomic E-state index is 12.4. The molecule has 3 aromatic rings. The van der Waals surface area contributed by atoms with Crippen LogP contribution in [0.15, 0.2) is 62.5 Å². The number of imide groups is 1. The van der Waals surface area contributed by atoms with Crippen LogP contribution in [0, 0.1) is 0 Å². The summed E-state index contributed by atoms with van der Waals surface area (Å²) in [6.07, 6.45) is 1.28. The molecule has 0 fully saturated rings. The number of anilines is 1. The number of halogens is 2. The third-order valence-electron chi connectivity index (χ3n) is 3.46. The first-order valence-corrected chi connectivity index (χ1v) is 9.02. The van der Waals surface area contributed by atoms with E-state index in [1.165, 1.54) is 6.33 Å². The van der Waals surface area contributed by atoms with E-state index in [0.29, 0.717) is 16.6 Å². The van der Waals surface area contributed by atoms with Gasteiger partial charge in [-0.25, -0.2) is 9.78 Å². The first-order valence-electron chi connectivity index (χ1n) is 7.43. The molecule has 1 aromatic heterocycles. The van der Waals surface area contributed by atoms with Gasteiger partial charge < -0.3 is 5.32 Å². The lowest BCUT2D eigenvalue weighted by atomic mass is 10.2. The highest BCUT2D eigenvalue weighted by molar-refractivity contribution is 9.10. The first kappa shape index (κ1) is 18.3. The van der Waals surface area contributed by atoms with Gasteiger partial charge in [-0.05, 0) is 42.5 Å². The Labute approximate surface area is 164 Å². The fraction of sp³-hybridized carbons (Fsp3) is 0.0588. The lowest BCUT2D eigenvalue weighted by Gasteiger charge is -2.09. The van der Waals surface area contributed by atoms with E-state index in [0.717, 1.165) is 13.5 Å². The molecule has 0 atom stereocenters. The van der Waals surface area contributed by atoms with Gasteiger partial charge in [0.1, 0.15) is 6.54 Å². The van der Waals surface area contributed by atoms with Crippen LogP contribution in [0.3, 0.4) is 0 Å². The number of carbonyl (C=O) groups excluding carboxylic acids is 2. The molecule has 7 nitrogen and oxygen atoms in total. The van der Waals surface area contributed by atoms with Gasteiger partial charge in [-0.2, -0.15) is 0 Å². The van der Waals surface area contributed by atoms with Crippen molar-refractivity contribution < 1.29 is 9.59 Å². The fourth-order valence-corrected chi connectivity index (χ4v) is 2.89. The summed E-state index contributed by atoms with van der Waals surface area (Å²) in [5, 5.41) is 5.10. The monoisotopic (exact) mass is 478 g/mol. The molecular formula is C17H12Br2N4O3. The van der Waals surface area contributed by atoms with Gasteiger partial charge in [0.2, 0.25) is 5.91 Å². The summed E-state index contributed by atoms with van der Waals surface area (Å²) in [6.45, 7) is -0.317. The quantitative estimate of drug-likeness (QED) is 0.602. The standard InChI is InChI=1S/C17H12Br2N4O3/c18-10-1-4-12(5-2-10)21-17(26)22-15(24)8-23-9-20-14-6-3-11(19)7-13(14)16(23)25/h1-7,9H,8H2,(H2,21,22,24,26). The molecule has 0 aliphatic heterocycles. The van der Waals surface area contributed by atoms with Crippen molar-refractivity contribution >= 4 is 60.4 Å². The molecule has 0 bridgehead atoms. The van der Waals surface area contributed by atoms with Crippen LogP contribution in [0.25, 0.3) is 10.9 Å². The topological polar surface area (TPSA) is 93.1 Å². The molecular weight excluding hydrogens is 468 g/mol. The Morgan fingerprint density at radius 1 is 1.04 bits per heavy atom. The molecule has 2 N–H and O–H groups in total. The maximum Gasteiger partial charge on any atom is 0.325 e. The number of aromatic nitrogens is 2. The average Bonchev–Trinajstić information content (AvgIpc) is 2.60. The van der Waals surface area contributed by atoms with E-state index in [4.69, 9.17) is 0 Å². The lowest BCUT2D eigenvalue weighted by molar-refractivity contribution is -0.120. The number of hydrogen-bond acceptors (Lipinski definition) is 4. The minimum absolute atomic E-state index is 0.317. The summed E-state index contributed by atoms with van der Waals surface area (Å²) in [5.41, 5.74) is 0.704. The zero-order valence-electron chi connectivity index (χ0n) is 13.2. The van der Waals surface area contributed by atoms with Crippen molar-refractivity contribution in [3.63, 3.8) is 0 Å². The SMILES string of the molecule is O=C(Cn1cnc2ccc(Br)cc2c1=O)NC(=O)Nc1ccc(Br)cc1. The molecule has 0 saturated heterocycles. The molecule has 2 aromatic carbocycles. The van der Waals surface area contributed by atoms with E-state index in [2.05, 4.69) is 47.5 Å². The van der Waals surface area contributed by atoms with Crippen LogP contribution in [0.1, 0.15) is 0 Å². The van der Waals surface area contributed by atoms with Gasteiger partial charge in [0.05, 0.1) is 17.2 Å². The number of nitrogens with one attached hydrogen (secondary N) is 2. The largest absolute Gasteiger partial charge is 0.325 e. The summed E-state index contributed by atoms with van der Waals surface area (Å²) in [6, 6.07) is 11.3. The average molecular weight is 480 g/mol. The second-order valence-corrected chi connectivity index (χ2v) is 7.18. The number of carbonyl (C=O) groups is 2. The zero-order valence-corrected chi connectivity index (χ0v) is 16.4. The number of benzene rings is 2. The molecule has 9 heteroatoms. The maximum absolute atomic E-state index is 12.4. The van der Waals surface area contributed by atoms with Crippen LogP contribution < -0.4 is 16.2 Å². The Morgan fingerprint density at radius 2 is 1.73 bits per heavy atom. The number of nitrogens with zero attached hydrogens (tertiary/aromatic N) is 2. The lowest BCUT2D eigenvalue weighted by Crippen LogP contribution is -2.38. The van der Waals surface area contributed by atoms with E-state index in [1.54, 1.807) is 42.5 Å². The minimum atomic E-state index is -0.679. The van der Waals surface area contributed by atoms with Crippen LogP contribution >= 0.6 is 31.9 Å². The molecule has 132 valence electrons. The molecule has 0 unspecified atom stereocenters. The van der Waals surface area contributed by atoms with Crippen LogP contribution in [0.5, 0.6) is 0 Å². The van der Waals surface area contributed by atoms with Gasteiger partial charge in [-0.3, -0.25) is 19.5 Å². The first-order chi connectivity index (χ1) is 12.4. The third kappa shape index (κ3) is 4.36. The van der Waals surface area contributed by atoms with Gasteiger partial charge in [0, 0.05) is 14.6 Å². The van der Waals surface area contributed by atoms with Crippen LogP contribution in [0.2, 0.25) is 0 Å². The van der Waals surface area contributed by atoms with Crippen molar-refractivity contribution in [1.82, 2.24) is 14.9 Å². The highest BCUT2D eigenvalue weighted by atomic mass is 79.9. The predicted molar refractivity (Wildman–Crippen MR) is 105 cm³/mol. The van der Waals surface area contributed by atoms with Gasteiger partial charge in [-0.1, -0.05) is 31.9 Å². The fourth-order valence-electron chi connectivity index (χ4n) is 2.26. The number of urea groups is 1. The Bertz CT molecular complexity index is 1050. The molecule has 26 heavy (non-hydrogen) atoms. The van der Waals surface area contributed by atoms with Gasteiger partial charge >= 0.3 is 6.03 Å². The summed E-state index contributed by atoms with van der Waals surface area (Å²) < 4.78 is 2.76. The van der Waals surface area contributed by atoms with Crippen molar-refractivity contribution in [2.75, 3.05) is 5.32 Å². The van der Waals surface area contributed by atoms with E-state index in [9.17, 15) is 14.4 Å². The van der Waals surface area contributed by atoms with Crippen LogP contribution in [-0.4, -0.2) is 21.5 Å². The summed E-state index contributed by atoms with van der Waals surface area (Å²) in [7, 11) is 0. The molecule has 1 heterocycles. The second-order valence-electron chi connectivity index (χ2n) is 5.35. The van der Waals surface area contributed by atoms with Crippen molar-refractivity contribution in [3.8, 4) is 0 Å². The Balaban J connectivity index is 1.69. The van der Waals surface area contributed by atoms with Crippen LogP contribution in [-0.2, 0) is 11.3 Å². The third-order valence-corrected chi connectivity index (χ3v) is 4.48. The second kappa shape index (κ2) is 7.79. The van der Waals surface area contributed by atoms with Gasteiger partial charge in [0.25, 0.3) is 5.56 Å². The van der Waals surface area contributed by atoms with Gasteiger partial charge in [-0.15, -0.1) is 0 Å². The Morgan fingerprint density at radius 3 is 2.46 bits per heavy atom. The molecule has 0 aliphatic rings. The van der Waals surface area contributed by atoms with Crippen LogP contribution in [0.4, 0.5) is 10.5 Å². The zero-order chi connectivity index (χ0) is 18.7. The number of hydrogen-bond donors (Lipinski definition) is 2. The smallest absolute Gasteiger partial charge is 0.308 e. The molecule has 0 aliphatic carbocycles. The number of rotatable bonds is 3. The highest BCUT2D eigenvalue weighted by Gasteiger charge is 2.11. The Hall–Kier alpha value is -2.52. The summed E-state index contributed by atoms with van der Waals surface area (Å²) >= 11 is 6.59. The van der Waals surface area contributed by atoms with E-state index < -0.39 is 11.9 Å². The molecule has 3 rings (SSSR count). The normalized spacial score (nSPS) is 10.5. The Kier molecular flexibility index (Phi) is 5.48. The van der Waals surface area contributed by atoms with E-state index >= 15 is 0 Å². The molecule has 3 amide bonds. The number of fused-ring (bicyclic) bond motifs is 1. The molecule has 0 saturated carbocycles. The van der Waals surface area contributed by atoms with Crippen molar-refractivity contribution in [1.29, 1.82) is 0 Å². The van der Waals surface area contributed by atoms with Crippen molar-refractivity contribution in [2.45, 2.75) is 6.54 Å². The van der Waals surface area contributed by atoms with Crippen molar-refractivity contribution in [3.05, 3.63) is 68.1 Å².